The maximum atomic E-state index is 14.0. The lowest BCUT2D eigenvalue weighted by Crippen LogP contribution is -2.51. The van der Waals surface area contributed by atoms with Gasteiger partial charge in [-0.05, 0) is 87.2 Å². The van der Waals surface area contributed by atoms with Gasteiger partial charge in [-0.2, -0.15) is 0 Å². The smallest absolute Gasteiger partial charge is 0.264 e. The molecule has 0 fully saturated rings. The summed E-state index contributed by atoms with van der Waals surface area (Å²) in [6, 6.07) is 18.6. The Morgan fingerprint density at radius 1 is 0.950 bits per heavy atom. The SMILES string of the molecule is CCCCNC(=O)[C@H](C)N(Cc1cccc(Br)c1)C(=O)CN(c1ccc(C)c(C)c1)S(=O)(=O)c1ccc(C)cc1. The first-order valence-electron chi connectivity index (χ1n) is 13.4. The van der Waals surface area contributed by atoms with Crippen molar-refractivity contribution >= 4 is 43.5 Å². The summed E-state index contributed by atoms with van der Waals surface area (Å²) in [4.78, 5) is 28.6. The van der Waals surface area contributed by atoms with Crippen LogP contribution in [-0.2, 0) is 26.2 Å². The number of amides is 2. The van der Waals surface area contributed by atoms with Crippen molar-refractivity contribution in [2.45, 2.75) is 64.9 Å². The monoisotopic (exact) mass is 627 g/mol. The van der Waals surface area contributed by atoms with Gasteiger partial charge in [0.2, 0.25) is 11.8 Å². The Balaban J connectivity index is 2.03. The highest BCUT2D eigenvalue weighted by atomic mass is 79.9. The lowest BCUT2D eigenvalue weighted by Gasteiger charge is -2.32. The maximum absolute atomic E-state index is 14.0. The molecule has 0 radical (unpaired) electrons. The fraction of sp³-hybridized carbons (Fsp3) is 0.355. The molecule has 7 nitrogen and oxygen atoms in total. The molecule has 40 heavy (non-hydrogen) atoms. The number of nitrogens with zero attached hydrogens (tertiary/aromatic N) is 2. The Bertz CT molecular complexity index is 1440. The quantitative estimate of drug-likeness (QED) is 0.253. The fourth-order valence-corrected chi connectivity index (χ4v) is 6.05. The first-order chi connectivity index (χ1) is 18.9. The van der Waals surface area contributed by atoms with Gasteiger partial charge in [-0.15, -0.1) is 0 Å². The number of nitrogens with one attached hydrogen (secondary N) is 1. The number of carbonyl (C=O) groups excluding carboxylic acids is 2. The van der Waals surface area contributed by atoms with Crippen molar-refractivity contribution in [1.29, 1.82) is 0 Å². The van der Waals surface area contributed by atoms with Gasteiger partial charge in [0.25, 0.3) is 10.0 Å². The first-order valence-corrected chi connectivity index (χ1v) is 15.7. The third-order valence-electron chi connectivity index (χ3n) is 6.91. The number of sulfonamides is 1. The van der Waals surface area contributed by atoms with Crippen molar-refractivity contribution in [3.63, 3.8) is 0 Å². The second-order valence-electron chi connectivity index (χ2n) is 10.1. The number of hydrogen-bond donors (Lipinski definition) is 1. The lowest BCUT2D eigenvalue weighted by molar-refractivity contribution is -0.139. The van der Waals surface area contributed by atoms with Crippen molar-refractivity contribution in [2.24, 2.45) is 0 Å². The lowest BCUT2D eigenvalue weighted by atomic mass is 10.1. The van der Waals surface area contributed by atoms with Gasteiger partial charge in [-0.25, -0.2) is 8.42 Å². The van der Waals surface area contributed by atoms with E-state index in [1.165, 1.54) is 4.90 Å². The minimum Gasteiger partial charge on any atom is -0.354 e. The van der Waals surface area contributed by atoms with E-state index in [0.29, 0.717) is 12.2 Å². The summed E-state index contributed by atoms with van der Waals surface area (Å²) in [6.07, 6.45) is 1.75. The zero-order valence-electron chi connectivity index (χ0n) is 23.8. The van der Waals surface area contributed by atoms with Crippen LogP contribution >= 0.6 is 15.9 Å². The normalized spacial score (nSPS) is 12.1. The fourth-order valence-electron chi connectivity index (χ4n) is 4.20. The Hall–Kier alpha value is -3.17. The summed E-state index contributed by atoms with van der Waals surface area (Å²) in [5.74, 6) is -0.761. The zero-order valence-corrected chi connectivity index (χ0v) is 26.2. The molecule has 2 amide bonds. The van der Waals surface area contributed by atoms with E-state index in [4.69, 9.17) is 0 Å². The Kier molecular flexibility index (Phi) is 10.9. The molecule has 9 heteroatoms. The topological polar surface area (TPSA) is 86.8 Å². The Labute approximate surface area is 246 Å². The van der Waals surface area contributed by atoms with Gasteiger partial charge < -0.3 is 10.2 Å². The van der Waals surface area contributed by atoms with Crippen molar-refractivity contribution in [1.82, 2.24) is 10.2 Å². The Morgan fingerprint density at radius 2 is 1.65 bits per heavy atom. The van der Waals surface area contributed by atoms with Crippen LogP contribution in [0.2, 0.25) is 0 Å². The van der Waals surface area contributed by atoms with E-state index in [9.17, 15) is 18.0 Å². The number of unbranched alkanes of at least 4 members (excludes halogenated alkanes) is 1. The number of anilines is 1. The molecule has 0 bridgehead atoms. The van der Waals surface area contributed by atoms with Crippen LogP contribution in [-0.4, -0.2) is 44.3 Å². The van der Waals surface area contributed by atoms with Gasteiger partial charge in [0.05, 0.1) is 10.6 Å². The van der Waals surface area contributed by atoms with E-state index in [-0.39, 0.29) is 17.3 Å². The van der Waals surface area contributed by atoms with Crippen LogP contribution in [0.4, 0.5) is 5.69 Å². The van der Waals surface area contributed by atoms with E-state index in [1.807, 2.05) is 58.0 Å². The molecule has 3 aromatic carbocycles. The number of halogens is 1. The summed E-state index contributed by atoms with van der Waals surface area (Å²) in [5, 5.41) is 2.90. The average Bonchev–Trinajstić information content (AvgIpc) is 2.91. The molecule has 1 N–H and O–H groups in total. The zero-order chi connectivity index (χ0) is 29.4. The van der Waals surface area contributed by atoms with Gasteiger partial charge in [0.1, 0.15) is 12.6 Å². The van der Waals surface area contributed by atoms with Crippen LogP contribution in [0.15, 0.2) is 76.1 Å². The van der Waals surface area contributed by atoms with Crippen molar-refractivity contribution in [2.75, 3.05) is 17.4 Å². The number of benzene rings is 3. The molecule has 0 aromatic heterocycles. The molecule has 0 aliphatic rings. The molecule has 3 aromatic rings. The number of hydrogen-bond acceptors (Lipinski definition) is 4. The summed E-state index contributed by atoms with van der Waals surface area (Å²) in [7, 11) is -4.09. The van der Waals surface area contributed by atoms with E-state index in [1.54, 1.807) is 43.3 Å². The van der Waals surface area contributed by atoms with Crippen LogP contribution < -0.4 is 9.62 Å². The van der Waals surface area contributed by atoms with E-state index in [0.717, 1.165) is 43.9 Å². The largest absolute Gasteiger partial charge is 0.354 e. The van der Waals surface area contributed by atoms with Crippen LogP contribution in [0.3, 0.4) is 0 Å². The summed E-state index contributed by atoms with van der Waals surface area (Å²) in [5.41, 5.74) is 4.05. The molecule has 0 saturated heterocycles. The van der Waals surface area contributed by atoms with Gasteiger partial charge >= 0.3 is 0 Å². The van der Waals surface area contributed by atoms with Gasteiger partial charge in [-0.1, -0.05) is 65.2 Å². The van der Waals surface area contributed by atoms with Crippen molar-refractivity contribution in [3.8, 4) is 0 Å². The molecule has 0 saturated carbocycles. The third-order valence-corrected chi connectivity index (χ3v) is 9.19. The highest BCUT2D eigenvalue weighted by Gasteiger charge is 2.32. The van der Waals surface area contributed by atoms with E-state index < -0.39 is 28.5 Å². The van der Waals surface area contributed by atoms with Crippen molar-refractivity contribution < 1.29 is 18.0 Å². The second kappa shape index (κ2) is 13.9. The number of rotatable bonds is 12. The highest BCUT2D eigenvalue weighted by molar-refractivity contribution is 9.10. The molecule has 214 valence electrons. The summed E-state index contributed by atoms with van der Waals surface area (Å²) in [6.45, 7) is 9.63. The average molecular weight is 629 g/mol. The van der Waals surface area contributed by atoms with Crippen LogP contribution in [0.1, 0.15) is 48.9 Å². The van der Waals surface area contributed by atoms with Crippen LogP contribution in [0, 0.1) is 20.8 Å². The molecular weight excluding hydrogens is 590 g/mol. The number of carbonyl (C=O) groups is 2. The predicted octanol–water partition coefficient (Wildman–Crippen LogP) is 5.90. The molecule has 1 atom stereocenters. The summed E-state index contributed by atoms with van der Waals surface area (Å²) >= 11 is 3.47. The summed E-state index contributed by atoms with van der Waals surface area (Å²) < 4.78 is 29.9. The van der Waals surface area contributed by atoms with Gasteiger partial charge in [0.15, 0.2) is 0 Å². The molecule has 0 heterocycles. The first kappa shape index (κ1) is 31.4. The predicted molar refractivity (Wildman–Crippen MR) is 164 cm³/mol. The molecule has 0 unspecified atom stereocenters. The van der Waals surface area contributed by atoms with Crippen LogP contribution in [0.25, 0.3) is 0 Å². The van der Waals surface area contributed by atoms with Crippen molar-refractivity contribution in [3.05, 3.63) is 93.5 Å². The standard InChI is InChI=1S/C31H38BrN3O4S/c1-6-7-17-33-31(37)25(5)34(20-26-9-8-10-27(32)19-26)30(36)21-35(28-14-13-23(3)24(4)18-28)40(38,39)29-15-11-22(2)12-16-29/h8-16,18-19,25H,6-7,17,20-21H2,1-5H3,(H,33,37)/t25-/m0/s1. The van der Waals surface area contributed by atoms with Crippen LogP contribution in [0.5, 0.6) is 0 Å². The molecule has 0 spiro atoms. The maximum Gasteiger partial charge on any atom is 0.264 e. The van der Waals surface area contributed by atoms with Gasteiger partial charge in [-0.3, -0.25) is 13.9 Å². The number of aryl methyl sites for hydroxylation is 3. The highest BCUT2D eigenvalue weighted by Crippen LogP contribution is 2.27. The molecular formula is C31H38BrN3O4S. The molecule has 3 rings (SSSR count). The van der Waals surface area contributed by atoms with Gasteiger partial charge in [0, 0.05) is 17.6 Å². The molecule has 0 aliphatic carbocycles. The van der Waals surface area contributed by atoms with E-state index >= 15 is 0 Å². The minimum atomic E-state index is -4.09. The third kappa shape index (κ3) is 7.95. The second-order valence-corrected chi connectivity index (χ2v) is 12.8. The minimum absolute atomic E-state index is 0.0908. The Morgan fingerprint density at radius 3 is 2.27 bits per heavy atom. The van der Waals surface area contributed by atoms with E-state index in [2.05, 4.69) is 21.2 Å². The molecule has 0 aliphatic heterocycles.